The molecule has 0 fully saturated rings. The summed E-state index contributed by atoms with van der Waals surface area (Å²) in [4.78, 5) is 10.4. The minimum Gasteiger partial charge on any atom is -0.478 e. The number of carboxylic acid groups (broad SMARTS) is 1. The largest absolute Gasteiger partial charge is 0.478 e. The fourth-order valence-electron chi connectivity index (χ4n) is 1.19. The molecule has 0 aromatic rings. The molecule has 0 aliphatic heterocycles. The van der Waals surface area contributed by atoms with Gasteiger partial charge in [0, 0.05) is 18.7 Å². The fraction of sp³-hybridized carbons (Fsp3) is 0.700. The van der Waals surface area contributed by atoms with Crippen molar-refractivity contribution in [2.45, 2.75) is 32.3 Å². The van der Waals surface area contributed by atoms with Crippen LogP contribution in [0.2, 0.25) is 0 Å². The van der Waals surface area contributed by atoms with E-state index in [1.807, 2.05) is 6.92 Å². The lowest BCUT2D eigenvalue weighted by molar-refractivity contribution is -0.132. The number of hydrogen-bond donors (Lipinski definition) is 3. The van der Waals surface area contributed by atoms with Crippen LogP contribution >= 0.6 is 0 Å². The minimum absolute atomic E-state index is 0.109. The van der Waals surface area contributed by atoms with Crippen LogP contribution in [0.3, 0.4) is 0 Å². The Balaban J connectivity index is 3.73. The molecule has 0 aliphatic carbocycles. The van der Waals surface area contributed by atoms with Crippen LogP contribution in [0.15, 0.2) is 12.2 Å². The van der Waals surface area contributed by atoms with Gasteiger partial charge in [-0.25, -0.2) is 4.79 Å². The predicted molar refractivity (Wildman–Crippen MR) is 55.2 cm³/mol. The maximum absolute atomic E-state index is 10.4. The topological polar surface area (TPSA) is 69.6 Å². The first-order valence-corrected chi connectivity index (χ1v) is 4.73. The van der Waals surface area contributed by atoms with Gasteiger partial charge in [0.1, 0.15) is 0 Å². The van der Waals surface area contributed by atoms with Crippen LogP contribution in [0.25, 0.3) is 0 Å². The average Bonchev–Trinajstić information content (AvgIpc) is 2.03. The summed E-state index contributed by atoms with van der Waals surface area (Å²) in [6.45, 7) is 7.68. The van der Waals surface area contributed by atoms with Gasteiger partial charge >= 0.3 is 5.97 Å². The predicted octanol–water partition coefficient (Wildman–Crippen LogP) is 0.768. The lowest BCUT2D eigenvalue weighted by Crippen LogP contribution is -2.38. The Morgan fingerprint density at radius 2 is 2.14 bits per heavy atom. The summed E-state index contributed by atoms with van der Waals surface area (Å²) >= 11 is 0. The Kier molecular flexibility index (Phi) is 5.42. The van der Waals surface area contributed by atoms with Crippen LogP contribution < -0.4 is 5.32 Å². The maximum atomic E-state index is 10.4. The molecular weight excluding hydrogens is 182 g/mol. The first-order chi connectivity index (χ1) is 6.39. The average molecular weight is 201 g/mol. The lowest BCUT2D eigenvalue weighted by atomic mass is 10.0. The van der Waals surface area contributed by atoms with Gasteiger partial charge < -0.3 is 15.5 Å². The van der Waals surface area contributed by atoms with E-state index in [2.05, 4.69) is 11.9 Å². The monoisotopic (exact) mass is 201 g/mol. The van der Waals surface area contributed by atoms with Crippen LogP contribution in [0.4, 0.5) is 0 Å². The molecule has 0 spiro atoms. The number of aliphatic hydroxyl groups is 1. The molecule has 4 heteroatoms. The number of carboxylic acids is 1. The smallest absolute Gasteiger partial charge is 0.332 e. The standard InChI is InChI=1S/C10H19NO3/c1-4-5-10(3,14)7-11-6-8(2)9(12)13/h11,14H,2,4-7H2,1,3H3,(H,12,13). The van der Waals surface area contributed by atoms with Crippen molar-refractivity contribution in [1.82, 2.24) is 5.32 Å². The van der Waals surface area contributed by atoms with E-state index in [1.54, 1.807) is 6.92 Å². The first kappa shape index (κ1) is 13.1. The molecule has 14 heavy (non-hydrogen) atoms. The summed E-state index contributed by atoms with van der Waals surface area (Å²) in [6, 6.07) is 0. The zero-order chi connectivity index (χ0) is 11.2. The zero-order valence-corrected chi connectivity index (χ0v) is 8.84. The summed E-state index contributed by atoms with van der Waals surface area (Å²) in [5.41, 5.74) is -0.662. The molecule has 4 nitrogen and oxygen atoms in total. The third-order valence-electron chi connectivity index (χ3n) is 1.94. The summed E-state index contributed by atoms with van der Waals surface area (Å²) < 4.78 is 0. The van der Waals surface area contributed by atoms with Crippen molar-refractivity contribution in [3.63, 3.8) is 0 Å². The normalized spacial score (nSPS) is 14.8. The first-order valence-electron chi connectivity index (χ1n) is 4.73. The van der Waals surface area contributed by atoms with Gasteiger partial charge in [0.2, 0.25) is 0 Å². The molecule has 0 aromatic carbocycles. The van der Waals surface area contributed by atoms with Gasteiger partial charge in [-0.1, -0.05) is 19.9 Å². The van der Waals surface area contributed by atoms with E-state index < -0.39 is 11.6 Å². The van der Waals surface area contributed by atoms with Gasteiger partial charge in [-0.3, -0.25) is 0 Å². The molecule has 0 bridgehead atoms. The molecule has 1 unspecified atom stereocenters. The third-order valence-corrected chi connectivity index (χ3v) is 1.94. The highest BCUT2D eigenvalue weighted by Gasteiger charge is 2.18. The van der Waals surface area contributed by atoms with Gasteiger partial charge in [-0.2, -0.15) is 0 Å². The van der Waals surface area contributed by atoms with Crippen molar-refractivity contribution in [3.05, 3.63) is 12.2 Å². The molecular formula is C10H19NO3. The van der Waals surface area contributed by atoms with Crippen LogP contribution in [0, 0.1) is 0 Å². The Morgan fingerprint density at radius 1 is 1.57 bits per heavy atom. The third kappa shape index (κ3) is 5.72. The van der Waals surface area contributed by atoms with Gasteiger partial charge in [0.05, 0.1) is 5.60 Å². The SMILES string of the molecule is C=C(CNCC(C)(O)CCC)C(=O)O. The fourth-order valence-corrected chi connectivity index (χ4v) is 1.19. The number of nitrogens with one attached hydrogen (secondary N) is 1. The highest BCUT2D eigenvalue weighted by atomic mass is 16.4. The second-order valence-electron chi connectivity index (χ2n) is 3.76. The van der Waals surface area contributed by atoms with Crippen LogP contribution in [-0.4, -0.2) is 34.9 Å². The van der Waals surface area contributed by atoms with Crippen molar-refractivity contribution in [2.24, 2.45) is 0 Å². The molecule has 0 saturated heterocycles. The van der Waals surface area contributed by atoms with Gasteiger partial charge in [-0.05, 0) is 13.3 Å². The Labute approximate surface area is 84.6 Å². The molecule has 0 radical (unpaired) electrons. The zero-order valence-electron chi connectivity index (χ0n) is 8.84. The van der Waals surface area contributed by atoms with Gasteiger partial charge in [0.15, 0.2) is 0 Å². The second kappa shape index (κ2) is 5.78. The van der Waals surface area contributed by atoms with Crippen molar-refractivity contribution >= 4 is 5.97 Å². The Bertz CT molecular complexity index is 211. The van der Waals surface area contributed by atoms with E-state index in [1.165, 1.54) is 0 Å². The highest BCUT2D eigenvalue weighted by molar-refractivity contribution is 5.86. The van der Waals surface area contributed by atoms with Crippen molar-refractivity contribution in [3.8, 4) is 0 Å². The van der Waals surface area contributed by atoms with Crippen LogP contribution in [0.1, 0.15) is 26.7 Å². The van der Waals surface area contributed by atoms with Crippen LogP contribution in [-0.2, 0) is 4.79 Å². The van der Waals surface area contributed by atoms with E-state index in [0.717, 1.165) is 6.42 Å². The van der Waals surface area contributed by atoms with Crippen molar-refractivity contribution < 1.29 is 15.0 Å². The summed E-state index contributed by atoms with van der Waals surface area (Å²) in [5.74, 6) is -1.01. The molecule has 0 saturated carbocycles. The quantitative estimate of drug-likeness (QED) is 0.532. The molecule has 82 valence electrons. The van der Waals surface area contributed by atoms with Crippen molar-refractivity contribution in [1.29, 1.82) is 0 Å². The number of hydrogen-bond acceptors (Lipinski definition) is 3. The lowest BCUT2D eigenvalue weighted by Gasteiger charge is -2.22. The highest BCUT2D eigenvalue weighted by Crippen LogP contribution is 2.09. The molecule has 3 N–H and O–H groups in total. The number of aliphatic carboxylic acids is 1. The summed E-state index contributed by atoms with van der Waals surface area (Å²) in [6.07, 6.45) is 1.59. The van der Waals surface area contributed by atoms with Gasteiger partial charge in [-0.15, -0.1) is 0 Å². The molecule has 0 amide bonds. The molecule has 0 heterocycles. The van der Waals surface area contributed by atoms with E-state index in [4.69, 9.17) is 5.11 Å². The van der Waals surface area contributed by atoms with Crippen molar-refractivity contribution in [2.75, 3.05) is 13.1 Å². The minimum atomic E-state index is -1.01. The van der Waals surface area contributed by atoms with E-state index in [0.29, 0.717) is 13.0 Å². The van der Waals surface area contributed by atoms with Crippen LogP contribution in [0.5, 0.6) is 0 Å². The number of carbonyl (C=O) groups is 1. The molecule has 1 atom stereocenters. The Hall–Kier alpha value is -0.870. The van der Waals surface area contributed by atoms with E-state index >= 15 is 0 Å². The molecule has 0 rings (SSSR count). The second-order valence-corrected chi connectivity index (χ2v) is 3.76. The summed E-state index contributed by atoms with van der Waals surface area (Å²) in [7, 11) is 0. The summed E-state index contributed by atoms with van der Waals surface area (Å²) in [5, 5.41) is 21.1. The van der Waals surface area contributed by atoms with E-state index in [-0.39, 0.29) is 12.1 Å². The maximum Gasteiger partial charge on any atom is 0.332 e. The van der Waals surface area contributed by atoms with Gasteiger partial charge in [0.25, 0.3) is 0 Å². The molecule has 0 aromatic heterocycles. The number of rotatable bonds is 7. The Morgan fingerprint density at radius 3 is 2.57 bits per heavy atom. The van der Waals surface area contributed by atoms with E-state index in [9.17, 15) is 9.90 Å². The molecule has 0 aliphatic rings.